The molecule has 1 atom stereocenters. The van der Waals surface area contributed by atoms with Gasteiger partial charge in [0, 0.05) is 31.5 Å². The minimum absolute atomic E-state index is 0.0970. The number of aliphatic hydroxyl groups is 1. The number of rotatable bonds is 6. The topological polar surface area (TPSA) is 111 Å². The van der Waals surface area contributed by atoms with Crippen LogP contribution in [0.1, 0.15) is 17.3 Å². The number of carbonyl (C=O) groups excluding carboxylic acids is 1. The smallest absolute Gasteiger partial charge is 0.270 e. The summed E-state index contributed by atoms with van der Waals surface area (Å²) in [7, 11) is 0. The van der Waals surface area contributed by atoms with Gasteiger partial charge in [0.25, 0.3) is 5.69 Å². The first-order valence-corrected chi connectivity index (χ1v) is 6.74. The number of hydrogen-bond acceptors (Lipinski definition) is 7. The van der Waals surface area contributed by atoms with Crippen LogP contribution < -0.4 is 10.1 Å². The number of fused-ring (bicyclic) bond motifs is 1. The Morgan fingerprint density at radius 3 is 2.95 bits per heavy atom. The van der Waals surface area contributed by atoms with Crippen LogP contribution in [0.4, 0.5) is 5.69 Å². The number of nitro benzene ring substituents is 1. The standard InChI is InChI=1S/C14H16N2O6/c1-2-21-14-11(8-15-5-6-17)13(18)10-7-9(16(19)20)3-4-12(10)22-14/h3-4,7-8,14-15,17H,2,5-6H2,1H3/b11-8+/t14-/m1/s1. The zero-order valence-electron chi connectivity index (χ0n) is 11.9. The largest absolute Gasteiger partial charge is 0.460 e. The van der Waals surface area contributed by atoms with Crippen molar-refractivity contribution in [1.29, 1.82) is 0 Å². The molecule has 1 heterocycles. The number of aliphatic hydroxyl groups excluding tert-OH is 1. The highest BCUT2D eigenvalue weighted by molar-refractivity contribution is 6.12. The number of Topliss-reactive ketones (excluding diaryl/α,β-unsaturated/α-hetero) is 1. The number of ether oxygens (including phenoxy) is 2. The highest BCUT2D eigenvalue weighted by atomic mass is 16.7. The monoisotopic (exact) mass is 308 g/mol. The van der Waals surface area contributed by atoms with Gasteiger partial charge in [-0.1, -0.05) is 0 Å². The van der Waals surface area contributed by atoms with Crippen molar-refractivity contribution in [1.82, 2.24) is 5.32 Å². The maximum atomic E-state index is 12.5. The number of non-ortho nitro benzene ring substituents is 1. The predicted molar refractivity (Wildman–Crippen MR) is 76.6 cm³/mol. The molecule has 0 fully saturated rings. The van der Waals surface area contributed by atoms with E-state index in [0.29, 0.717) is 6.61 Å². The number of hydrogen-bond donors (Lipinski definition) is 2. The molecule has 1 aliphatic heterocycles. The molecule has 0 saturated carbocycles. The quantitative estimate of drug-likeness (QED) is 0.349. The van der Waals surface area contributed by atoms with Crippen LogP contribution in [0.15, 0.2) is 30.0 Å². The molecule has 0 aliphatic carbocycles. The summed E-state index contributed by atoms with van der Waals surface area (Å²) in [5.74, 6) is -0.165. The Labute approximate surface area is 126 Å². The molecule has 0 bridgehead atoms. The lowest BCUT2D eigenvalue weighted by Gasteiger charge is -2.27. The van der Waals surface area contributed by atoms with Gasteiger partial charge in [-0.05, 0) is 13.0 Å². The van der Waals surface area contributed by atoms with Crippen molar-refractivity contribution in [3.63, 3.8) is 0 Å². The Kier molecular flexibility index (Phi) is 5.08. The van der Waals surface area contributed by atoms with Crippen molar-refractivity contribution in [3.05, 3.63) is 45.6 Å². The number of nitro groups is 1. The van der Waals surface area contributed by atoms with Crippen LogP contribution >= 0.6 is 0 Å². The van der Waals surface area contributed by atoms with E-state index in [2.05, 4.69) is 5.32 Å². The summed E-state index contributed by atoms with van der Waals surface area (Å²) in [5.41, 5.74) is 0.124. The Morgan fingerprint density at radius 2 is 2.32 bits per heavy atom. The van der Waals surface area contributed by atoms with E-state index in [1.54, 1.807) is 6.92 Å². The molecule has 2 rings (SSSR count). The second-order valence-electron chi connectivity index (χ2n) is 4.45. The fraction of sp³-hybridized carbons (Fsp3) is 0.357. The van der Waals surface area contributed by atoms with Gasteiger partial charge in [0.15, 0.2) is 0 Å². The maximum Gasteiger partial charge on any atom is 0.270 e. The first kappa shape index (κ1) is 15.9. The Morgan fingerprint density at radius 1 is 1.55 bits per heavy atom. The van der Waals surface area contributed by atoms with E-state index in [0.717, 1.165) is 0 Å². The number of nitrogens with one attached hydrogen (secondary N) is 1. The third-order valence-electron chi connectivity index (χ3n) is 3.00. The first-order chi connectivity index (χ1) is 10.6. The van der Waals surface area contributed by atoms with E-state index < -0.39 is 17.0 Å². The van der Waals surface area contributed by atoms with Crippen LogP contribution in [-0.2, 0) is 4.74 Å². The van der Waals surface area contributed by atoms with Crippen LogP contribution in [0.25, 0.3) is 0 Å². The van der Waals surface area contributed by atoms with E-state index in [1.807, 2.05) is 0 Å². The number of carbonyl (C=O) groups is 1. The molecule has 0 saturated heterocycles. The molecule has 8 heteroatoms. The van der Waals surface area contributed by atoms with Crippen molar-refractivity contribution in [2.24, 2.45) is 0 Å². The van der Waals surface area contributed by atoms with Crippen molar-refractivity contribution in [2.75, 3.05) is 19.8 Å². The normalized spacial score (nSPS) is 18.7. The second-order valence-corrected chi connectivity index (χ2v) is 4.45. The third kappa shape index (κ3) is 3.23. The SMILES string of the molecule is CCO[C@@H]1Oc2ccc([N+](=O)[O-])cc2C(=O)/C1=C\NCCO. The molecule has 22 heavy (non-hydrogen) atoms. The maximum absolute atomic E-state index is 12.5. The van der Waals surface area contributed by atoms with Gasteiger partial charge in [0.1, 0.15) is 5.75 Å². The van der Waals surface area contributed by atoms with Crippen molar-refractivity contribution in [3.8, 4) is 5.75 Å². The van der Waals surface area contributed by atoms with Crippen LogP contribution in [0.3, 0.4) is 0 Å². The summed E-state index contributed by atoms with van der Waals surface area (Å²) in [6, 6.07) is 3.84. The highest BCUT2D eigenvalue weighted by Crippen LogP contribution is 2.33. The number of benzene rings is 1. The van der Waals surface area contributed by atoms with Crippen LogP contribution in [-0.4, -0.2) is 41.9 Å². The first-order valence-electron chi connectivity index (χ1n) is 6.74. The fourth-order valence-corrected chi connectivity index (χ4v) is 2.01. The average molecular weight is 308 g/mol. The Hall–Kier alpha value is -2.45. The van der Waals surface area contributed by atoms with Gasteiger partial charge in [0.05, 0.1) is 22.7 Å². The molecule has 0 radical (unpaired) electrons. The molecule has 118 valence electrons. The molecule has 0 amide bonds. The molecule has 0 unspecified atom stereocenters. The van der Waals surface area contributed by atoms with Gasteiger partial charge in [-0.2, -0.15) is 0 Å². The Bertz CT molecular complexity index is 613. The molecule has 2 N–H and O–H groups in total. The molecule has 8 nitrogen and oxygen atoms in total. The summed E-state index contributed by atoms with van der Waals surface area (Å²) in [4.78, 5) is 22.8. The zero-order chi connectivity index (χ0) is 16.1. The van der Waals surface area contributed by atoms with Gasteiger partial charge < -0.3 is 19.9 Å². The van der Waals surface area contributed by atoms with Crippen molar-refractivity contribution < 1.29 is 24.3 Å². The molecule has 0 spiro atoms. The van der Waals surface area contributed by atoms with Crippen molar-refractivity contribution >= 4 is 11.5 Å². The summed E-state index contributed by atoms with van der Waals surface area (Å²) in [6.45, 7) is 2.26. The molecular formula is C14H16N2O6. The van der Waals surface area contributed by atoms with Crippen molar-refractivity contribution in [2.45, 2.75) is 13.2 Å². The van der Waals surface area contributed by atoms with E-state index in [9.17, 15) is 14.9 Å². The molecule has 1 aromatic rings. The van der Waals surface area contributed by atoms with E-state index in [1.165, 1.54) is 24.4 Å². The minimum atomic E-state index is -0.891. The van der Waals surface area contributed by atoms with Crippen LogP contribution in [0.2, 0.25) is 0 Å². The lowest BCUT2D eigenvalue weighted by molar-refractivity contribution is -0.384. The molecule has 1 aliphatic rings. The van der Waals surface area contributed by atoms with E-state index >= 15 is 0 Å². The summed E-state index contributed by atoms with van der Waals surface area (Å²) in [5, 5.41) is 22.4. The van der Waals surface area contributed by atoms with Crippen LogP contribution in [0, 0.1) is 10.1 Å². The summed E-state index contributed by atoms with van der Waals surface area (Å²) >= 11 is 0. The van der Waals surface area contributed by atoms with Gasteiger partial charge in [-0.3, -0.25) is 14.9 Å². The molecule has 0 aromatic heterocycles. The van der Waals surface area contributed by atoms with Crippen LogP contribution in [0.5, 0.6) is 5.75 Å². The fourth-order valence-electron chi connectivity index (χ4n) is 2.01. The lowest BCUT2D eigenvalue weighted by Crippen LogP contribution is -2.34. The average Bonchev–Trinajstić information content (AvgIpc) is 2.50. The van der Waals surface area contributed by atoms with Gasteiger partial charge >= 0.3 is 0 Å². The predicted octanol–water partition coefficient (Wildman–Crippen LogP) is 0.998. The van der Waals surface area contributed by atoms with Gasteiger partial charge in [-0.15, -0.1) is 0 Å². The highest BCUT2D eigenvalue weighted by Gasteiger charge is 2.33. The van der Waals surface area contributed by atoms with Gasteiger partial charge in [0.2, 0.25) is 12.1 Å². The number of ketones is 1. The lowest BCUT2D eigenvalue weighted by atomic mass is 9.99. The Balaban J connectivity index is 2.38. The summed E-state index contributed by atoms with van der Waals surface area (Å²) < 4.78 is 11.0. The zero-order valence-corrected chi connectivity index (χ0v) is 11.9. The summed E-state index contributed by atoms with van der Waals surface area (Å²) in [6.07, 6.45) is 0.512. The van der Waals surface area contributed by atoms with Gasteiger partial charge in [-0.25, -0.2) is 0 Å². The molecular weight excluding hydrogens is 292 g/mol. The third-order valence-corrected chi connectivity index (χ3v) is 3.00. The minimum Gasteiger partial charge on any atom is -0.460 e. The molecule has 1 aromatic carbocycles. The number of nitrogens with zero attached hydrogens (tertiary/aromatic N) is 1. The van der Waals surface area contributed by atoms with E-state index in [-0.39, 0.29) is 35.7 Å². The second kappa shape index (κ2) is 7.01. The van der Waals surface area contributed by atoms with E-state index in [4.69, 9.17) is 14.6 Å².